The van der Waals surface area contributed by atoms with E-state index in [0.29, 0.717) is 75.6 Å². The molecule has 2 heterocycles. The van der Waals surface area contributed by atoms with Gasteiger partial charge in [-0.3, -0.25) is 58.2 Å². The SMILES string of the molecule is CC(C)[C@H](NC(=O)[C@@H](CCCCNC(=O)COC1CCCCC/C(N[C@@H]2O[C@H](CO)[C@H](O)[C@H](O)[C@H]2O)=C\1N=N)NC(=O)CCOCCOCCOCCOCCN1C(=O)C=CC1=O)C(=O)N[C@@H](C)C(=O)N[C@@H](CO)C(=O)Nc1ccc2c(c1)[C@@]1(C)CCC[C@](C)(C(=O)NC(=O)[C@@]3(C)CCC[C@]4(C)c5cc(O)ccc5CC[C@@H]34)[C@@H]1CC2. The van der Waals surface area contributed by atoms with E-state index < -0.39 is 138 Å². The number of rotatable bonds is 40. The van der Waals surface area contributed by atoms with Gasteiger partial charge in [-0.2, -0.15) is 5.11 Å². The molecule has 3 fully saturated rings. The molecular weight excluding hydrogens is 1490 g/mol. The summed E-state index contributed by atoms with van der Waals surface area (Å²) in [6.07, 6.45) is 4.78. The maximum absolute atomic E-state index is 14.9. The maximum Gasteiger partial charge on any atom is 0.253 e. The number of hydrogen-bond donors (Lipinski definition) is 15. The Labute approximate surface area is 671 Å². The molecule has 7 aliphatic rings. The van der Waals surface area contributed by atoms with Gasteiger partial charge in [-0.15, -0.1) is 0 Å². The summed E-state index contributed by atoms with van der Waals surface area (Å²) in [4.78, 5) is 137. The number of aryl methyl sites for hydroxylation is 2. The van der Waals surface area contributed by atoms with Crippen LogP contribution in [0.4, 0.5) is 5.69 Å². The van der Waals surface area contributed by atoms with Crippen LogP contribution in [0.15, 0.2) is 65.1 Å². The van der Waals surface area contributed by atoms with Gasteiger partial charge in [0.05, 0.1) is 83.4 Å². The minimum atomic E-state index is -1.65. The van der Waals surface area contributed by atoms with Crippen molar-refractivity contribution in [2.75, 3.05) is 91.1 Å². The maximum atomic E-state index is 14.9. The van der Waals surface area contributed by atoms with Gasteiger partial charge in [0, 0.05) is 36.5 Å². The van der Waals surface area contributed by atoms with Gasteiger partial charge in [-0.25, -0.2) is 5.53 Å². The van der Waals surface area contributed by atoms with Gasteiger partial charge in [0.15, 0.2) is 6.23 Å². The highest BCUT2D eigenvalue weighted by molar-refractivity contribution is 6.13. The summed E-state index contributed by atoms with van der Waals surface area (Å²) in [5, 5.41) is 88.3. The predicted molar refractivity (Wildman–Crippen MR) is 416 cm³/mol. The average Bonchev–Trinajstić information content (AvgIpc) is 0.941. The highest BCUT2D eigenvalue weighted by Gasteiger charge is 2.59. The summed E-state index contributed by atoms with van der Waals surface area (Å²) in [6, 6.07) is 5.84. The summed E-state index contributed by atoms with van der Waals surface area (Å²) in [5.41, 5.74) is 10.6. The highest BCUT2D eigenvalue weighted by Crippen LogP contribution is 2.60. The number of imide groups is 2. The Hall–Kier alpha value is -8.22. The molecule has 0 spiro atoms. The zero-order valence-electron chi connectivity index (χ0n) is 67.4. The number of phenolic OH excluding ortho intramolecular Hbond substituents is 1. The highest BCUT2D eigenvalue weighted by atomic mass is 16.6. The summed E-state index contributed by atoms with van der Waals surface area (Å²) in [7, 11) is 0. The molecule has 115 heavy (non-hydrogen) atoms. The lowest BCUT2D eigenvalue weighted by Gasteiger charge is -2.56. The van der Waals surface area contributed by atoms with Crippen molar-refractivity contribution in [2.45, 2.75) is 242 Å². The second-order valence-electron chi connectivity index (χ2n) is 32.8. The number of ether oxygens (including phenoxy) is 6. The normalized spacial score (nSPS) is 28.2. The molecule has 2 aromatic carbocycles. The van der Waals surface area contributed by atoms with Crippen molar-refractivity contribution in [3.8, 4) is 5.75 Å². The van der Waals surface area contributed by atoms with Gasteiger partial charge in [0.25, 0.3) is 11.8 Å². The second kappa shape index (κ2) is 41.8. The minimum Gasteiger partial charge on any atom is -0.508 e. The third-order valence-corrected chi connectivity index (χ3v) is 24.6. The van der Waals surface area contributed by atoms with Crippen LogP contribution < -0.4 is 42.5 Å². The van der Waals surface area contributed by atoms with E-state index in [9.17, 15) is 78.6 Å². The van der Waals surface area contributed by atoms with E-state index in [1.54, 1.807) is 26.0 Å². The largest absolute Gasteiger partial charge is 0.508 e. The van der Waals surface area contributed by atoms with E-state index in [-0.39, 0.29) is 138 Å². The van der Waals surface area contributed by atoms with Gasteiger partial charge >= 0.3 is 0 Å². The number of allylic oxidation sites excluding steroid dienone is 1. The average molecular weight is 1610 g/mol. The van der Waals surface area contributed by atoms with Crippen molar-refractivity contribution in [3.05, 3.63) is 82.2 Å². The smallest absolute Gasteiger partial charge is 0.253 e. The molecule has 16 atom stereocenters. The second-order valence-corrected chi connectivity index (χ2v) is 32.8. The van der Waals surface area contributed by atoms with Crippen LogP contribution in [-0.4, -0.2) is 241 Å². The Bertz CT molecular complexity index is 3820. The molecule has 5 aliphatic carbocycles. The fourth-order valence-corrected chi connectivity index (χ4v) is 18.1. The van der Waals surface area contributed by atoms with E-state index in [0.717, 1.165) is 60.1 Å². The first-order valence-electron chi connectivity index (χ1n) is 40.7. The van der Waals surface area contributed by atoms with E-state index in [1.807, 2.05) is 38.1 Å². The van der Waals surface area contributed by atoms with Crippen molar-refractivity contribution in [2.24, 2.45) is 33.7 Å². The number of nitrogens with zero attached hydrogens (tertiary/aromatic N) is 2. The number of phenols is 1. The fraction of sp³-hybridized carbons (Fsp3) is 0.683. The molecule has 10 amide bonds. The summed E-state index contributed by atoms with van der Waals surface area (Å²) >= 11 is 0. The molecule has 33 nitrogen and oxygen atoms in total. The van der Waals surface area contributed by atoms with E-state index >= 15 is 0 Å². The van der Waals surface area contributed by atoms with Crippen LogP contribution in [0.25, 0.3) is 0 Å². The molecule has 9 rings (SSSR count). The third-order valence-electron chi connectivity index (χ3n) is 24.6. The van der Waals surface area contributed by atoms with E-state index in [4.69, 9.17) is 34.0 Å². The standard InChI is InChI=1S/C82H121N11O22/c1-48(2)67(75(107)85-49(3)72(104)88-58(45-94)74(106)86-52-22-18-50-20-24-61-79(4,54(50)43-52)29-13-31-81(61,6)77(108)91-78(109)82(7)32-14-30-80(5)55-44-53(96)23-19-51(55)21-25-62(80)82)90-73(105)57(87-63(97)28-35-110-37-39-112-41-42-113-40-38-111-36-34-93-65(99)26-27-66(93)100)16-11-12-33-84-64(98)47-114-59-17-10-8-9-15-56(68(59)92-83)89-76-71(103)70(102)69(101)60(46-95)115-76/h18-19,22-23,26-27,43-44,48-49,57-62,67,69-71,76,83,89,94-96,101-103H,8-17,20-21,24-25,28-42,45-47H2,1-7H3,(H,84,98)(H,85,107)(H,86,106)(H,87,97)(H,88,104)(H,90,105)(H,91,108,109)/b68-56-,92-83?/t49-,57+,58-,59?,60+,61+,62+,67-,69-,70-,71+,76+,79+,80+,81-,82-/m0/s1. The van der Waals surface area contributed by atoms with Crippen molar-refractivity contribution in [1.29, 1.82) is 5.53 Å². The first kappa shape index (κ1) is 90.7. The Morgan fingerprint density at radius 3 is 1.83 bits per heavy atom. The molecule has 2 saturated carbocycles. The fourth-order valence-electron chi connectivity index (χ4n) is 18.1. The Kier molecular flexibility index (Phi) is 32.9. The van der Waals surface area contributed by atoms with Gasteiger partial charge in [0.1, 0.15) is 72.7 Å². The zero-order chi connectivity index (χ0) is 83.4. The first-order valence-corrected chi connectivity index (χ1v) is 40.7. The number of benzene rings is 2. The Morgan fingerprint density at radius 2 is 1.23 bits per heavy atom. The molecule has 636 valence electrons. The number of aliphatic hydroxyl groups is 5. The number of anilines is 1. The molecule has 2 aliphatic heterocycles. The number of amides is 10. The molecule has 0 aromatic heterocycles. The number of unbranched alkanes of at least 4 members (excludes halogenated alkanes) is 1. The minimum absolute atomic E-state index is 0.0324. The lowest BCUT2D eigenvalue weighted by atomic mass is 9.49. The monoisotopic (exact) mass is 1610 g/mol. The summed E-state index contributed by atoms with van der Waals surface area (Å²) in [5.74, 6) is -6.09. The molecule has 15 N–H and O–H groups in total. The molecule has 0 bridgehead atoms. The van der Waals surface area contributed by atoms with Crippen LogP contribution in [0.1, 0.15) is 180 Å². The first-order chi connectivity index (χ1) is 54.9. The van der Waals surface area contributed by atoms with Crippen LogP contribution in [0, 0.1) is 34.1 Å². The molecule has 1 saturated heterocycles. The van der Waals surface area contributed by atoms with E-state index in [1.165, 1.54) is 24.6 Å². The number of nitrogens with one attached hydrogen (secondary N) is 9. The number of aromatic hydroxyl groups is 1. The van der Waals surface area contributed by atoms with Crippen LogP contribution in [0.2, 0.25) is 0 Å². The zero-order valence-corrected chi connectivity index (χ0v) is 67.4. The van der Waals surface area contributed by atoms with Crippen molar-refractivity contribution >= 4 is 64.8 Å². The Balaban J connectivity index is 0.761. The van der Waals surface area contributed by atoms with Gasteiger partial charge in [-0.1, -0.05) is 79.4 Å². The van der Waals surface area contributed by atoms with Crippen molar-refractivity contribution in [3.63, 3.8) is 0 Å². The van der Waals surface area contributed by atoms with Crippen molar-refractivity contribution < 1.29 is 107 Å². The third kappa shape index (κ3) is 22.5. The predicted octanol–water partition coefficient (Wildman–Crippen LogP) is 2.95. The number of carbonyl (C=O) groups is 10. The number of carbonyl (C=O) groups excluding carboxylic acids is 10. The summed E-state index contributed by atoms with van der Waals surface area (Å²) < 4.78 is 33.8. The van der Waals surface area contributed by atoms with Gasteiger partial charge in [0.2, 0.25) is 47.3 Å². The van der Waals surface area contributed by atoms with Gasteiger partial charge < -0.3 is 96.3 Å². The molecular formula is C82H121N11O22. The molecule has 0 radical (unpaired) electrons. The van der Waals surface area contributed by atoms with Crippen LogP contribution >= 0.6 is 0 Å². The van der Waals surface area contributed by atoms with Crippen LogP contribution in [0.5, 0.6) is 5.75 Å². The van der Waals surface area contributed by atoms with Crippen LogP contribution in [0.3, 0.4) is 0 Å². The van der Waals surface area contributed by atoms with Crippen LogP contribution in [-0.2, 0) is 100 Å². The summed E-state index contributed by atoms with van der Waals surface area (Å²) in [6.45, 7) is 12.7. The number of fused-ring (bicyclic) bond motifs is 6. The molecule has 33 heteroatoms. The number of hydrogen-bond acceptors (Lipinski definition) is 25. The number of aliphatic hydroxyl groups excluding tert-OH is 5. The van der Waals surface area contributed by atoms with Crippen molar-refractivity contribution in [1.82, 2.24) is 42.1 Å². The molecule has 1 unspecified atom stereocenters. The topological polar surface area (TPSA) is 483 Å². The lowest BCUT2D eigenvalue weighted by molar-refractivity contribution is -0.234. The lowest BCUT2D eigenvalue weighted by Crippen LogP contribution is -2.62. The Morgan fingerprint density at radius 1 is 0.626 bits per heavy atom. The van der Waals surface area contributed by atoms with Gasteiger partial charge in [-0.05, 0) is 172 Å². The van der Waals surface area contributed by atoms with E-state index in [2.05, 4.69) is 61.5 Å². The molecule has 2 aromatic rings. The quantitative estimate of drug-likeness (QED) is 0.0259.